The van der Waals surface area contributed by atoms with Crippen molar-refractivity contribution in [1.82, 2.24) is 4.98 Å². The number of aliphatic hydroxyl groups excluding tert-OH is 1. The average Bonchev–Trinajstić information content (AvgIpc) is 2.78. The van der Waals surface area contributed by atoms with Gasteiger partial charge in [0.05, 0.1) is 29.5 Å². The number of aryl methyl sites for hydroxylation is 1. The maximum absolute atomic E-state index is 13.4. The van der Waals surface area contributed by atoms with Crippen LogP contribution < -0.4 is 9.80 Å². The van der Waals surface area contributed by atoms with E-state index in [9.17, 15) is 31.4 Å². The van der Waals surface area contributed by atoms with E-state index in [2.05, 4.69) is 4.98 Å². The average molecular weight is 530 g/mol. The van der Waals surface area contributed by atoms with Crippen molar-refractivity contribution in [2.24, 2.45) is 0 Å². The predicted octanol–water partition coefficient (Wildman–Crippen LogP) is 6.55. The van der Waals surface area contributed by atoms with Gasteiger partial charge in [0.25, 0.3) is 0 Å². The number of rotatable bonds is 5. The first kappa shape index (κ1) is 26.1. The first-order chi connectivity index (χ1) is 16.8. The summed E-state index contributed by atoms with van der Waals surface area (Å²) in [5.41, 5.74) is 1.69. The molecule has 0 bridgehead atoms. The number of aromatic nitrogens is 1. The van der Waals surface area contributed by atoms with E-state index in [1.54, 1.807) is 37.3 Å². The number of β-amino-alcohol motifs (C(OH)–C–C–N with tert-alkyl or cyclic N) is 1. The monoisotopic (exact) mass is 529 g/mol. The molecular weight excluding hydrogens is 508 g/mol. The van der Waals surface area contributed by atoms with Gasteiger partial charge >= 0.3 is 12.4 Å². The highest BCUT2D eigenvalue weighted by atomic mass is 35.5. The van der Waals surface area contributed by atoms with Crippen LogP contribution in [0.5, 0.6) is 0 Å². The fourth-order valence-corrected chi connectivity index (χ4v) is 4.70. The van der Waals surface area contributed by atoms with Gasteiger partial charge in [-0.05, 0) is 54.4 Å². The van der Waals surface area contributed by atoms with Crippen molar-refractivity contribution in [1.29, 1.82) is 0 Å². The highest BCUT2D eigenvalue weighted by Crippen LogP contribution is 2.43. The van der Waals surface area contributed by atoms with Gasteiger partial charge in [0.15, 0.2) is 6.10 Å². The fraction of sp³-hybridized carbons (Fsp3) is 0.320. The van der Waals surface area contributed by atoms with Gasteiger partial charge < -0.3 is 14.9 Å². The van der Waals surface area contributed by atoms with E-state index >= 15 is 0 Å². The maximum atomic E-state index is 13.4. The Bertz CT molecular complexity index is 1210. The molecule has 0 saturated carbocycles. The van der Waals surface area contributed by atoms with E-state index in [0.29, 0.717) is 23.6 Å². The summed E-state index contributed by atoms with van der Waals surface area (Å²) in [6.45, 7) is 1.30. The molecule has 0 saturated heterocycles. The highest BCUT2D eigenvalue weighted by Gasteiger charge is 2.42. The van der Waals surface area contributed by atoms with E-state index in [4.69, 9.17) is 11.6 Å². The molecule has 1 aliphatic heterocycles. The Balaban J connectivity index is 1.81. The molecule has 3 aromatic rings. The van der Waals surface area contributed by atoms with Crippen molar-refractivity contribution in [3.63, 3.8) is 0 Å². The molecule has 0 fully saturated rings. The van der Waals surface area contributed by atoms with Crippen molar-refractivity contribution in [3.05, 3.63) is 88.2 Å². The first-order valence-electron chi connectivity index (χ1n) is 11.0. The number of benzene rings is 2. The molecule has 0 aliphatic carbocycles. The highest BCUT2D eigenvalue weighted by molar-refractivity contribution is 6.29. The van der Waals surface area contributed by atoms with Gasteiger partial charge in [-0.1, -0.05) is 35.9 Å². The third kappa shape index (κ3) is 5.70. The number of nitrogens with zero attached hydrogens (tertiary/aromatic N) is 3. The van der Waals surface area contributed by atoms with E-state index in [1.807, 2.05) is 11.0 Å². The summed E-state index contributed by atoms with van der Waals surface area (Å²) in [5.74, 6) is 0. The topological polar surface area (TPSA) is 39.6 Å². The quantitative estimate of drug-likeness (QED) is 0.300. The summed E-state index contributed by atoms with van der Waals surface area (Å²) in [4.78, 5) is 7.33. The smallest absolute Gasteiger partial charge is 0.382 e. The molecule has 4 nitrogen and oxygen atoms in total. The van der Waals surface area contributed by atoms with Crippen LogP contribution in [-0.2, 0) is 12.7 Å². The zero-order valence-corrected chi connectivity index (χ0v) is 19.7. The summed E-state index contributed by atoms with van der Waals surface area (Å²) >= 11 is 6.10. The summed E-state index contributed by atoms with van der Waals surface area (Å²) in [6, 6.07) is 13.8. The van der Waals surface area contributed by atoms with E-state index in [0.717, 1.165) is 17.7 Å². The minimum absolute atomic E-state index is 0.0713. The summed E-state index contributed by atoms with van der Waals surface area (Å²) in [7, 11) is 0. The maximum Gasteiger partial charge on any atom is 0.416 e. The molecule has 36 heavy (non-hydrogen) atoms. The Hall–Kier alpha value is -2.98. The van der Waals surface area contributed by atoms with Gasteiger partial charge in [-0.15, -0.1) is 0 Å². The number of aliphatic hydroxyl groups is 1. The second kappa shape index (κ2) is 9.82. The lowest BCUT2D eigenvalue weighted by Gasteiger charge is -2.46. The lowest BCUT2D eigenvalue weighted by molar-refractivity contribution is -0.200. The van der Waals surface area contributed by atoms with Crippen LogP contribution in [0.2, 0.25) is 5.15 Å². The number of hydrogen-bond donors (Lipinski definition) is 1. The van der Waals surface area contributed by atoms with E-state index < -0.39 is 36.6 Å². The van der Waals surface area contributed by atoms with Crippen molar-refractivity contribution in [3.8, 4) is 0 Å². The molecule has 1 aromatic heterocycles. The van der Waals surface area contributed by atoms with Crippen LogP contribution in [0.25, 0.3) is 0 Å². The molecule has 1 aliphatic rings. The Kier molecular flexibility index (Phi) is 7.12. The number of pyridine rings is 1. The molecule has 1 unspecified atom stereocenters. The molecule has 2 atom stereocenters. The van der Waals surface area contributed by atoms with Crippen molar-refractivity contribution < 1.29 is 31.4 Å². The normalized spacial score (nSPS) is 17.2. The van der Waals surface area contributed by atoms with E-state index in [1.165, 1.54) is 17.0 Å². The third-order valence-electron chi connectivity index (χ3n) is 6.00. The molecule has 4 rings (SSSR count). The fourth-order valence-electron chi connectivity index (χ4n) is 4.43. The van der Waals surface area contributed by atoms with Crippen LogP contribution in [-0.4, -0.2) is 35.5 Å². The summed E-state index contributed by atoms with van der Waals surface area (Å²) < 4.78 is 80.3. The van der Waals surface area contributed by atoms with Gasteiger partial charge in [-0.25, -0.2) is 4.98 Å². The number of anilines is 2. The van der Waals surface area contributed by atoms with Crippen LogP contribution >= 0.6 is 11.6 Å². The van der Waals surface area contributed by atoms with Gasteiger partial charge in [-0.2, -0.15) is 26.3 Å². The minimum Gasteiger partial charge on any atom is -0.382 e. The zero-order chi connectivity index (χ0) is 26.3. The molecule has 0 amide bonds. The Morgan fingerprint density at radius 2 is 1.69 bits per heavy atom. The first-order valence-corrected chi connectivity index (χ1v) is 11.4. The molecule has 11 heteroatoms. The van der Waals surface area contributed by atoms with Crippen molar-refractivity contribution in [2.75, 3.05) is 22.9 Å². The lowest BCUT2D eigenvalue weighted by Crippen LogP contribution is -2.49. The molecule has 0 radical (unpaired) electrons. The number of fused-ring (bicyclic) bond motifs is 1. The number of halogens is 7. The number of para-hydroxylation sites is 2. The van der Waals surface area contributed by atoms with Gasteiger partial charge in [0, 0.05) is 18.8 Å². The Labute approximate surface area is 208 Å². The molecule has 2 heterocycles. The zero-order valence-electron chi connectivity index (χ0n) is 19.0. The van der Waals surface area contributed by atoms with Gasteiger partial charge in [0.2, 0.25) is 0 Å². The lowest BCUT2D eigenvalue weighted by atomic mass is 9.96. The Morgan fingerprint density at radius 3 is 2.33 bits per heavy atom. The molecule has 192 valence electrons. The van der Waals surface area contributed by atoms with Gasteiger partial charge in [0.1, 0.15) is 5.15 Å². The third-order valence-corrected chi connectivity index (χ3v) is 6.20. The van der Waals surface area contributed by atoms with Crippen molar-refractivity contribution in [2.45, 2.75) is 38.0 Å². The van der Waals surface area contributed by atoms with Crippen LogP contribution in [0.1, 0.15) is 28.4 Å². The SMILES string of the molecule is Cc1cc(CN2CC(c3cccc(C(F)(F)F)c3)N(C[C@@H](O)C(F)(F)F)c3ccccc32)cc(Cl)n1. The molecule has 0 spiro atoms. The second-order valence-electron chi connectivity index (χ2n) is 8.66. The van der Waals surface area contributed by atoms with Crippen LogP contribution in [0.3, 0.4) is 0 Å². The molecule has 1 N–H and O–H groups in total. The number of hydrogen-bond acceptors (Lipinski definition) is 4. The largest absolute Gasteiger partial charge is 0.416 e. The summed E-state index contributed by atoms with van der Waals surface area (Å²) in [5, 5.41) is 10.2. The minimum atomic E-state index is -4.89. The molecular formula is C25H22ClF6N3O. The van der Waals surface area contributed by atoms with Gasteiger partial charge in [-0.3, -0.25) is 0 Å². The Morgan fingerprint density at radius 1 is 1.00 bits per heavy atom. The standard InChI is InChI=1S/C25H22ClF6N3O/c1-15-9-16(10-23(26)33-15)12-34-13-21(17-5-4-6-18(11-17)24(27,28)29)35(14-22(36)25(30,31)32)20-8-3-2-7-19(20)34/h2-11,21-22,36H,12-14H2,1H3/t21?,22-/m1/s1. The van der Waals surface area contributed by atoms with Crippen LogP contribution in [0, 0.1) is 6.92 Å². The van der Waals surface area contributed by atoms with E-state index in [-0.39, 0.29) is 17.3 Å². The summed E-state index contributed by atoms with van der Waals surface area (Å²) in [6.07, 6.45) is -12.2. The van der Waals surface area contributed by atoms with Crippen LogP contribution in [0.15, 0.2) is 60.7 Å². The predicted molar refractivity (Wildman–Crippen MR) is 125 cm³/mol. The second-order valence-corrected chi connectivity index (χ2v) is 9.04. The van der Waals surface area contributed by atoms with Crippen molar-refractivity contribution >= 4 is 23.0 Å². The van der Waals surface area contributed by atoms with Crippen LogP contribution in [0.4, 0.5) is 37.7 Å². The number of alkyl halides is 6. The molecule has 2 aromatic carbocycles.